The van der Waals surface area contributed by atoms with E-state index in [1.54, 1.807) is 7.05 Å². The van der Waals surface area contributed by atoms with Crippen LogP contribution in [0.2, 0.25) is 0 Å². The molecule has 0 spiro atoms. The van der Waals surface area contributed by atoms with Gasteiger partial charge in [-0.15, -0.1) is 0 Å². The van der Waals surface area contributed by atoms with Gasteiger partial charge in [0.1, 0.15) is 0 Å². The Hall–Kier alpha value is -1.64. The van der Waals surface area contributed by atoms with Crippen LogP contribution in [0.15, 0.2) is 32.3 Å². The van der Waals surface area contributed by atoms with Crippen molar-refractivity contribution in [2.45, 2.75) is 30.3 Å². The molecule has 1 aliphatic carbocycles. The second-order valence-corrected chi connectivity index (χ2v) is 8.54. The van der Waals surface area contributed by atoms with Crippen LogP contribution in [-0.4, -0.2) is 43.1 Å². The fourth-order valence-electron chi connectivity index (χ4n) is 3.02. The molecule has 8 heteroatoms. The van der Waals surface area contributed by atoms with E-state index in [0.29, 0.717) is 30.1 Å². The molecule has 1 aliphatic heterocycles. The third-order valence-corrected chi connectivity index (χ3v) is 6.63. The first-order valence-corrected chi connectivity index (χ1v) is 9.60. The number of sulfonamides is 1. The first kappa shape index (κ1) is 15.9. The Morgan fingerprint density at radius 1 is 1.29 bits per heavy atom. The Morgan fingerprint density at radius 2 is 2.08 bits per heavy atom. The highest BCUT2D eigenvalue weighted by molar-refractivity contribution is 7.89. The molecule has 7 nitrogen and oxygen atoms in total. The van der Waals surface area contributed by atoms with Gasteiger partial charge in [0.25, 0.3) is 0 Å². The highest BCUT2D eigenvalue weighted by atomic mass is 32.2. The van der Waals surface area contributed by atoms with Gasteiger partial charge in [0.05, 0.1) is 16.5 Å². The number of rotatable bonds is 5. The molecule has 0 N–H and O–H groups in total. The minimum atomic E-state index is -3.60. The zero-order valence-electron chi connectivity index (χ0n) is 13.5. The molecular weight excluding hydrogens is 332 g/mol. The first-order chi connectivity index (χ1) is 11.4. The van der Waals surface area contributed by atoms with E-state index in [9.17, 15) is 13.2 Å². The summed E-state index contributed by atoms with van der Waals surface area (Å²) in [6.45, 7) is 1.58. The smallest absolute Gasteiger partial charge is 0.408 e. The number of aryl methyl sites for hydroxylation is 1. The van der Waals surface area contributed by atoms with Crippen molar-refractivity contribution in [3.63, 3.8) is 0 Å². The van der Waals surface area contributed by atoms with Gasteiger partial charge in [0.15, 0.2) is 5.58 Å². The molecule has 1 atom stereocenters. The van der Waals surface area contributed by atoms with Crippen LogP contribution in [0.4, 0.5) is 0 Å². The number of aromatic nitrogens is 1. The van der Waals surface area contributed by atoms with E-state index in [1.807, 2.05) is 0 Å². The lowest BCUT2D eigenvalue weighted by Crippen LogP contribution is -2.30. The zero-order chi connectivity index (χ0) is 16.9. The minimum absolute atomic E-state index is 0.0256. The van der Waals surface area contributed by atoms with Gasteiger partial charge in [-0.25, -0.2) is 13.2 Å². The van der Waals surface area contributed by atoms with Crippen LogP contribution in [0.5, 0.6) is 0 Å². The third-order valence-electron chi connectivity index (χ3n) is 4.77. The number of fused-ring (bicyclic) bond motifs is 1. The fraction of sp³-hybridized carbons (Fsp3) is 0.562. The summed E-state index contributed by atoms with van der Waals surface area (Å²) in [4.78, 5) is 11.7. The summed E-state index contributed by atoms with van der Waals surface area (Å²) >= 11 is 0. The van der Waals surface area contributed by atoms with Crippen molar-refractivity contribution >= 4 is 21.1 Å². The number of ether oxygens (including phenoxy) is 1. The molecule has 2 aromatic rings. The Kier molecular flexibility index (Phi) is 3.78. The molecule has 1 saturated heterocycles. The summed E-state index contributed by atoms with van der Waals surface area (Å²) in [5, 5.41) is 0. The summed E-state index contributed by atoms with van der Waals surface area (Å²) < 4.78 is 39.3. The maximum absolute atomic E-state index is 12.8. The van der Waals surface area contributed by atoms with Crippen LogP contribution >= 0.6 is 0 Å². The normalized spacial score (nSPS) is 22.5. The quantitative estimate of drug-likeness (QED) is 0.811. The zero-order valence-corrected chi connectivity index (χ0v) is 14.3. The van der Waals surface area contributed by atoms with Crippen LogP contribution in [0.1, 0.15) is 19.3 Å². The average Bonchev–Trinajstić information content (AvgIpc) is 3.19. The van der Waals surface area contributed by atoms with E-state index in [4.69, 9.17) is 9.15 Å². The SMILES string of the molecule is Cn1c(=O)oc2ccc(S(=O)(=O)N3CCC(OCC4CC4)C3)cc21. The molecule has 1 aromatic heterocycles. The molecule has 2 heterocycles. The van der Waals surface area contributed by atoms with Crippen molar-refractivity contribution in [2.75, 3.05) is 19.7 Å². The molecule has 1 unspecified atom stereocenters. The molecule has 0 amide bonds. The van der Waals surface area contributed by atoms with Crippen molar-refractivity contribution in [3.05, 3.63) is 28.7 Å². The number of benzene rings is 1. The molecule has 130 valence electrons. The molecule has 1 aromatic carbocycles. The van der Waals surface area contributed by atoms with Gasteiger partial charge in [-0.1, -0.05) is 0 Å². The Morgan fingerprint density at radius 3 is 2.83 bits per heavy atom. The second-order valence-electron chi connectivity index (χ2n) is 6.61. The predicted molar refractivity (Wildman–Crippen MR) is 87.3 cm³/mol. The van der Waals surface area contributed by atoms with Crippen LogP contribution in [0, 0.1) is 5.92 Å². The van der Waals surface area contributed by atoms with E-state index in [2.05, 4.69) is 0 Å². The summed E-state index contributed by atoms with van der Waals surface area (Å²) in [7, 11) is -2.04. The lowest BCUT2D eigenvalue weighted by molar-refractivity contribution is 0.0561. The summed E-state index contributed by atoms with van der Waals surface area (Å²) in [5.41, 5.74) is 0.857. The second kappa shape index (κ2) is 5.72. The third kappa shape index (κ3) is 2.78. The largest absolute Gasteiger partial charge is 0.419 e. The van der Waals surface area contributed by atoms with Crippen molar-refractivity contribution in [3.8, 4) is 0 Å². The van der Waals surface area contributed by atoms with Gasteiger partial charge < -0.3 is 9.15 Å². The van der Waals surface area contributed by atoms with Gasteiger partial charge >= 0.3 is 5.76 Å². The molecule has 4 rings (SSSR count). The molecule has 1 saturated carbocycles. The summed E-state index contributed by atoms with van der Waals surface area (Å²) in [5.74, 6) is 0.162. The molecule has 2 fully saturated rings. The van der Waals surface area contributed by atoms with Gasteiger partial charge in [-0.3, -0.25) is 4.57 Å². The highest BCUT2D eigenvalue weighted by Crippen LogP contribution is 2.31. The van der Waals surface area contributed by atoms with Crippen molar-refractivity contribution in [2.24, 2.45) is 13.0 Å². The molecule has 0 radical (unpaired) electrons. The monoisotopic (exact) mass is 352 g/mol. The molecule has 24 heavy (non-hydrogen) atoms. The van der Waals surface area contributed by atoms with Gasteiger partial charge in [0.2, 0.25) is 10.0 Å². The van der Waals surface area contributed by atoms with Crippen molar-refractivity contribution < 1.29 is 17.6 Å². The van der Waals surface area contributed by atoms with Crippen molar-refractivity contribution in [1.29, 1.82) is 0 Å². The van der Waals surface area contributed by atoms with Crippen LogP contribution < -0.4 is 5.76 Å². The van der Waals surface area contributed by atoms with Crippen LogP contribution in [-0.2, 0) is 21.8 Å². The van der Waals surface area contributed by atoms with E-state index < -0.39 is 15.8 Å². The molecule has 0 bridgehead atoms. The standard InChI is InChI=1S/C16H20N2O5S/c1-17-14-8-13(4-5-15(14)23-16(17)19)24(20,21)18-7-6-12(9-18)22-10-11-2-3-11/h4-5,8,11-12H,2-3,6-7,9-10H2,1H3. The fourth-order valence-corrected chi connectivity index (χ4v) is 4.53. The number of hydrogen-bond acceptors (Lipinski definition) is 5. The van der Waals surface area contributed by atoms with E-state index in [0.717, 1.165) is 13.0 Å². The number of hydrogen-bond donors (Lipinski definition) is 0. The van der Waals surface area contributed by atoms with Gasteiger partial charge in [0, 0.05) is 26.7 Å². The molecule has 2 aliphatic rings. The Labute approximate surface area is 139 Å². The average molecular weight is 352 g/mol. The van der Waals surface area contributed by atoms with E-state index >= 15 is 0 Å². The van der Waals surface area contributed by atoms with Crippen LogP contribution in [0.3, 0.4) is 0 Å². The van der Waals surface area contributed by atoms with E-state index in [-0.39, 0.29) is 11.0 Å². The maximum atomic E-state index is 12.8. The van der Waals surface area contributed by atoms with Gasteiger partial charge in [-0.2, -0.15) is 4.31 Å². The lowest BCUT2D eigenvalue weighted by atomic mass is 10.3. The summed E-state index contributed by atoms with van der Waals surface area (Å²) in [6.07, 6.45) is 3.14. The highest BCUT2D eigenvalue weighted by Gasteiger charge is 2.34. The number of oxazole rings is 1. The Bertz CT molecular complexity index is 926. The maximum Gasteiger partial charge on any atom is 0.419 e. The number of nitrogens with zero attached hydrogens (tertiary/aromatic N) is 2. The molecular formula is C16H20N2O5S. The topological polar surface area (TPSA) is 81.8 Å². The van der Waals surface area contributed by atoms with Crippen LogP contribution in [0.25, 0.3) is 11.1 Å². The van der Waals surface area contributed by atoms with Crippen molar-refractivity contribution in [1.82, 2.24) is 8.87 Å². The summed E-state index contributed by atoms with van der Waals surface area (Å²) in [6, 6.07) is 4.51. The minimum Gasteiger partial charge on any atom is -0.408 e. The van der Waals surface area contributed by atoms with E-state index in [1.165, 1.54) is 39.9 Å². The predicted octanol–water partition coefficient (Wildman–Crippen LogP) is 1.32. The Balaban J connectivity index is 1.56. The first-order valence-electron chi connectivity index (χ1n) is 8.16. The van der Waals surface area contributed by atoms with Gasteiger partial charge in [-0.05, 0) is 43.4 Å². The lowest BCUT2D eigenvalue weighted by Gasteiger charge is -2.17.